The monoisotopic (exact) mass is 410 g/mol. The molecule has 3 nitrogen and oxygen atoms in total. The second-order valence-corrected chi connectivity index (χ2v) is 1.68. The molecule has 0 radical (unpaired) electrons. The summed E-state index contributed by atoms with van der Waals surface area (Å²) in [4.78, 5) is 13.4. The SMILES string of the molecule is CNC(C)=O.[C-]1=NC=CC1.[CH3-].[H-].[Rb+].[Rb+].[Rb+]. The van der Waals surface area contributed by atoms with Crippen molar-refractivity contribution in [2.24, 2.45) is 4.99 Å². The summed E-state index contributed by atoms with van der Waals surface area (Å²) in [7, 11) is 1.60. The largest absolute Gasteiger partial charge is 1.00 e. The molecule has 0 bridgehead atoms. The maximum absolute atomic E-state index is 9.70. The molecular formula is C8H15N2ORb3. The van der Waals surface area contributed by atoms with Crippen molar-refractivity contribution in [1.82, 2.24) is 5.32 Å². The maximum atomic E-state index is 9.70. The minimum Gasteiger partial charge on any atom is -1.00 e. The number of amides is 1. The van der Waals surface area contributed by atoms with E-state index in [-0.39, 0.29) is 189 Å². The van der Waals surface area contributed by atoms with Crippen molar-refractivity contribution >= 4 is 12.1 Å². The van der Waals surface area contributed by atoms with Crippen molar-refractivity contribution in [3.05, 3.63) is 19.7 Å². The van der Waals surface area contributed by atoms with E-state index in [1.165, 1.54) is 6.92 Å². The molecule has 6 heteroatoms. The van der Waals surface area contributed by atoms with Gasteiger partial charge in [0.15, 0.2) is 0 Å². The van der Waals surface area contributed by atoms with Gasteiger partial charge in [0.25, 0.3) is 0 Å². The third-order valence-electron chi connectivity index (χ3n) is 0.832. The molecule has 0 saturated carbocycles. The van der Waals surface area contributed by atoms with E-state index in [1.807, 2.05) is 6.08 Å². The molecule has 0 aromatic heterocycles. The van der Waals surface area contributed by atoms with Crippen molar-refractivity contribution in [2.45, 2.75) is 13.3 Å². The van der Waals surface area contributed by atoms with Crippen LogP contribution in [0.4, 0.5) is 0 Å². The Labute approximate surface area is 236 Å². The topological polar surface area (TPSA) is 41.5 Å². The standard InChI is InChI=1S/C4H4N.C3H7NO.CH3.3Rb.H/c1-2-4-5-3-1;1-3(5)4-2;;;;;/h1,3H,2H2;1-2H3,(H,4,5);1H3;;;;/q-1;;-1;3*+1;-1. The van der Waals surface area contributed by atoms with Crippen LogP contribution in [0.5, 0.6) is 0 Å². The van der Waals surface area contributed by atoms with Gasteiger partial charge in [-0.05, 0) is 0 Å². The molecule has 0 aromatic carbocycles. The molecule has 1 amide bonds. The number of aliphatic imine (C=N–C) groups is 1. The third-order valence-corrected chi connectivity index (χ3v) is 0.832. The molecule has 1 N–H and O–H groups in total. The number of nitrogens with zero attached hydrogens (tertiary/aromatic N) is 1. The van der Waals surface area contributed by atoms with Crippen LogP contribution in [0.15, 0.2) is 17.3 Å². The molecule has 66 valence electrons. The fourth-order valence-electron chi connectivity index (χ4n) is 0.264. The summed E-state index contributed by atoms with van der Waals surface area (Å²) in [6.07, 6.45) is 7.35. The van der Waals surface area contributed by atoms with Crippen LogP contribution in [0.25, 0.3) is 0 Å². The molecule has 0 saturated heterocycles. The number of carbonyl (C=O) groups excluding carboxylic acids is 1. The summed E-state index contributed by atoms with van der Waals surface area (Å²) in [5.41, 5.74) is 0. The average Bonchev–Trinajstić information content (AvgIpc) is 2.43. The Morgan fingerprint density at radius 2 is 1.93 bits per heavy atom. The van der Waals surface area contributed by atoms with Gasteiger partial charge >= 0.3 is 175 Å². The number of nitrogens with one attached hydrogen (secondary N) is 1. The number of hydrogen-bond donors (Lipinski definition) is 1. The number of hydrogen-bond acceptors (Lipinski definition) is 2. The summed E-state index contributed by atoms with van der Waals surface area (Å²) in [6, 6.07) is 0. The Morgan fingerprint density at radius 3 is 2.00 bits per heavy atom. The van der Waals surface area contributed by atoms with E-state index in [9.17, 15) is 4.79 Å². The Hall–Kier alpha value is 4.30. The van der Waals surface area contributed by atoms with E-state index in [0.717, 1.165) is 6.42 Å². The molecule has 0 unspecified atom stereocenters. The summed E-state index contributed by atoms with van der Waals surface area (Å²) >= 11 is 0. The third kappa shape index (κ3) is 29.9. The molecule has 14 heavy (non-hydrogen) atoms. The smallest absolute Gasteiger partial charge is 1.00 e. The van der Waals surface area contributed by atoms with Crippen LogP contribution in [-0.2, 0) is 4.79 Å². The second-order valence-electron chi connectivity index (χ2n) is 1.68. The van der Waals surface area contributed by atoms with E-state index in [1.54, 1.807) is 13.2 Å². The average molecular weight is 412 g/mol. The van der Waals surface area contributed by atoms with Gasteiger partial charge in [-0.3, -0.25) is 4.79 Å². The van der Waals surface area contributed by atoms with Crippen molar-refractivity contribution in [1.29, 1.82) is 0 Å². The molecule has 0 aliphatic carbocycles. The second kappa shape index (κ2) is 26.0. The van der Waals surface area contributed by atoms with Gasteiger partial charge in [0.2, 0.25) is 5.91 Å². The van der Waals surface area contributed by atoms with Gasteiger partial charge in [0, 0.05) is 14.0 Å². The van der Waals surface area contributed by atoms with Gasteiger partial charge in [-0.15, -0.1) is 6.20 Å². The van der Waals surface area contributed by atoms with Crippen LogP contribution in [0.2, 0.25) is 0 Å². The maximum Gasteiger partial charge on any atom is 1.00 e. The van der Waals surface area contributed by atoms with Gasteiger partial charge in [0.1, 0.15) is 0 Å². The molecule has 1 aliphatic rings. The van der Waals surface area contributed by atoms with E-state index in [4.69, 9.17) is 0 Å². The van der Waals surface area contributed by atoms with Crippen LogP contribution < -0.4 is 180 Å². The summed E-state index contributed by atoms with van der Waals surface area (Å²) < 4.78 is 0. The van der Waals surface area contributed by atoms with Crippen LogP contribution in [0.1, 0.15) is 14.8 Å². The van der Waals surface area contributed by atoms with Crippen LogP contribution in [0.3, 0.4) is 0 Å². The fraction of sp³-hybridized carbons (Fsp3) is 0.375. The van der Waals surface area contributed by atoms with Crippen molar-refractivity contribution in [2.75, 3.05) is 7.05 Å². The van der Waals surface area contributed by atoms with Crippen molar-refractivity contribution in [3.63, 3.8) is 0 Å². The van der Waals surface area contributed by atoms with E-state index < -0.39 is 0 Å². The summed E-state index contributed by atoms with van der Waals surface area (Å²) in [6.45, 7) is 1.47. The van der Waals surface area contributed by atoms with Crippen molar-refractivity contribution in [3.8, 4) is 0 Å². The van der Waals surface area contributed by atoms with Gasteiger partial charge in [0.05, 0.1) is 0 Å². The van der Waals surface area contributed by atoms with E-state index in [2.05, 4.69) is 16.5 Å². The molecule has 0 atom stereocenters. The van der Waals surface area contributed by atoms with Gasteiger partial charge < -0.3 is 19.2 Å². The first-order valence-electron chi connectivity index (χ1n) is 3.03. The summed E-state index contributed by atoms with van der Waals surface area (Å²) in [5, 5.41) is 2.39. The predicted molar refractivity (Wildman–Crippen MR) is 48.5 cm³/mol. The zero-order valence-corrected chi connectivity index (χ0v) is 25.0. The molecular weight excluding hydrogens is 397 g/mol. The fourth-order valence-corrected chi connectivity index (χ4v) is 0.264. The Kier molecular flexibility index (Phi) is 57.5. The first-order chi connectivity index (χ1) is 4.77. The Balaban J connectivity index is -0.0000000202. The van der Waals surface area contributed by atoms with Crippen LogP contribution in [0, 0.1) is 7.43 Å². The first-order valence-corrected chi connectivity index (χ1v) is 3.03. The van der Waals surface area contributed by atoms with E-state index in [0.29, 0.717) is 0 Å². The number of rotatable bonds is 0. The Morgan fingerprint density at radius 1 is 1.50 bits per heavy atom. The first kappa shape index (κ1) is 31.0. The minimum atomic E-state index is 0. The molecule has 1 heterocycles. The van der Waals surface area contributed by atoms with Gasteiger partial charge in [-0.25, -0.2) is 0 Å². The summed E-state index contributed by atoms with van der Waals surface area (Å²) in [5.74, 6) is 0.00463. The van der Waals surface area contributed by atoms with Gasteiger partial charge in [-0.2, -0.15) is 12.3 Å². The van der Waals surface area contributed by atoms with Crippen molar-refractivity contribution < 1.29 is 181 Å². The Bertz CT molecular complexity index is 156. The normalized spacial score (nSPS) is 8.71. The van der Waals surface area contributed by atoms with Gasteiger partial charge in [-0.1, -0.05) is 6.42 Å². The molecule has 1 aliphatic heterocycles. The molecule has 0 aromatic rings. The predicted octanol–water partition coefficient (Wildman–Crippen LogP) is -7.82. The van der Waals surface area contributed by atoms with E-state index >= 15 is 0 Å². The zero-order chi connectivity index (χ0) is 7.82. The minimum absolute atomic E-state index is 0. The quantitative estimate of drug-likeness (QED) is 0.396. The molecule has 1 rings (SSSR count). The number of allylic oxidation sites excluding steroid dienone is 1. The number of carbonyl (C=O) groups is 1. The van der Waals surface area contributed by atoms with Crippen LogP contribution in [-0.4, -0.2) is 19.2 Å². The molecule has 0 fully saturated rings. The molecule has 0 spiro atoms. The van der Waals surface area contributed by atoms with Crippen LogP contribution >= 0.6 is 0 Å². The zero-order valence-electron chi connectivity index (χ0n) is 11.2.